The number of carbonyl (C=O) groups is 2. The molecule has 2 aromatic carbocycles. The Morgan fingerprint density at radius 3 is 2.64 bits per heavy atom. The maximum absolute atomic E-state index is 13.1. The average molecular weight is 361 g/mol. The fourth-order valence-corrected chi connectivity index (χ4v) is 3.08. The topological polar surface area (TPSA) is 49.4 Å². The third-order valence-corrected chi connectivity index (χ3v) is 4.65. The van der Waals surface area contributed by atoms with Crippen LogP contribution in [0, 0.1) is 11.7 Å². The highest BCUT2D eigenvalue weighted by atomic mass is 35.5. The molecule has 1 aliphatic heterocycles. The Morgan fingerprint density at radius 2 is 2.00 bits per heavy atom. The van der Waals surface area contributed by atoms with Gasteiger partial charge in [-0.15, -0.1) is 0 Å². The summed E-state index contributed by atoms with van der Waals surface area (Å²) in [5, 5.41) is 2.80. The minimum Gasteiger partial charge on any atom is -0.324 e. The molecule has 1 N–H and O–H groups in total. The smallest absolute Gasteiger partial charge is 0.229 e. The zero-order valence-electron chi connectivity index (χ0n) is 13.8. The van der Waals surface area contributed by atoms with Crippen LogP contribution in [0.3, 0.4) is 0 Å². The van der Waals surface area contributed by atoms with Gasteiger partial charge in [0.15, 0.2) is 0 Å². The van der Waals surface area contributed by atoms with Gasteiger partial charge in [-0.3, -0.25) is 9.59 Å². The van der Waals surface area contributed by atoms with Crippen LogP contribution in [0.25, 0.3) is 0 Å². The van der Waals surface area contributed by atoms with Gasteiger partial charge in [-0.05, 0) is 42.3 Å². The summed E-state index contributed by atoms with van der Waals surface area (Å²) < 4.78 is 13.1. The molecule has 1 heterocycles. The van der Waals surface area contributed by atoms with Crippen LogP contribution in [0.4, 0.5) is 15.8 Å². The summed E-state index contributed by atoms with van der Waals surface area (Å²) in [6.07, 6.45) is 1.07. The summed E-state index contributed by atoms with van der Waals surface area (Å²) in [7, 11) is 0. The molecule has 1 unspecified atom stereocenters. The molecule has 1 atom stereocenters. The molecule has 3 rings (SSSR count). The maximum Gasteiger partial charge on any atom is 0.229 e. The standard InChI is InChI=1S/C19H18ClFN2O2/c1-2-12-3-6-15(7-4-12)23-11-13(9-18(23)24)19(25)22-17-8-5-14(21)10-16(17)20/h3-8,10,13H,2,9,11H2,1H3,(H,22,25). The van der Waals surface area contributed by atoms with Gasteiger partial charge in [-0.25, -0.2) is 4.39 Å². The minimum atomic E-state index is -0.473. The van der Waals surface area contributed by atoms with E-state index in [1.54, 1.807) is 4.90 Å². The van der Waals surface area contributed by atoms with Crippen LogP contribution in [0.2, 0.25) is 5.02 Å². The van der Waals surface area contributed by atoms with E-state index in [2.05, 4.69) is 12.2 Å². The van der Waals surface area contributed by atoms with Crippen LogP contribution in [0.1, 0.15) is 18.9 Å². The lowest BCUT2D eigenvalue weighted by atomic mass is 10.1. The number of amides is 2. The lowest BCUT2D eigenvalue weighted by molar-refractivity contribution is -0.122. The van der Waals surface area contributed by atoms with Gasteiger partial charge in [-0.1, -0.05) is 30.7 Å². The third kappa shape index (κ3) is 3.82. The first-order chi connectivity index (χ1) is 12.0. The summed E-state index contributed by atoms with van der Waals surface area (Å²) in [4.78, 5) is 26.3. The number of nitrogens with zero attached hydrogens (tertiary/aromatic N) is 1. The average Bonchev–Trinajstić information content (AvgIpc) is 2.99. The molecular formula is C19H18ClFN2O2. The van der Waals surface area contributed by atoms with Crippen LogP contribution in [-0.4, -0.2) is 18.4 Å². The second-order valence-electron chi connectivity index (χ2n) is 6.04. The third-order valence-electron chi connectivity index (χ3n) is 4.34. The van der Waals surface area contributed by atoms with Crippen molar-refractivity contribution < 1.29 is 14.0 Å². The van der Waals surface area contributed by atoms with Crippen LogP contribution < -0.4 is 10.2 Å². The fourth-order valence-electron chi connectivity index (χ4n) is 2.87. The number of anilines is 2. The highest BCUT2D eigenvalue weighted by Gasteiger charge is 2.35. The Hall–Kier alpha value is -2.40. The van der Waals surface area contributed by atoms with Gasteiger partial charge in [0.2, 0.25) is 11.8 Å². The van der Waals surface area contributed by atoms with Gasteiger partial charge < -0.3 is 10.2 Å². The van der Waals surface area contributed by atoms with Crippen molar-refractivity contribution in [2.45, 2.75) is 19.8 Å². The number of aryl methyl sites for hydroxylation is 1. The summed E-state index contributed by atoms with van der Waals surface area (Å²) in [5.74, 6) is -1.33. The van der Waals surface area contributed by atoms with E-state index in [1.807, 2.05) is 24.3 Å². The highest BCUT2D eigenvalue weighted by Crippen LogP contribution is 2.28. The highest BCUT2D eigenvalue weighted by molar-refractivity contribution is 6.33. The van der Waals surface area contributed by atoms with Gasteiger partial charge in [-0.2, -0.15) is 0 Å². The number of benzene rings is 2. The van der Waals surface area contributed by atoms with E-state index in [9.17, 15) is 14.0 Å². The molecule has 0 saturated carbocycles. The van der Waals surface area contributed by atoms with Gasteiger partial charge in [0, 0.05) is 18.7 Å². The molecule has 2 amide bonds. The van der Waals surface area contributed by atoms with Gasteiger partial charge >= 0.3 is 0 Å². The molecule has 1 fully saturated rings. The van der Waals surface area contributed by atoms with Crippen molar-refractivity contribution >= 4 is 34.8 Å². The van der Waals surface area contributed by atoms with E-state index < -0.39 is 11.7 Å². The van der Waals surface area contributed by atoms with Crippen molar-refractivity contribution in [3.63, 3.8) is 0 Å². The van der Waals surface area contributed by atoms with Crippen molar-refractivity contribution in [3.8, 4) is 0 Å². The van der Waals surface area contributed by atoms with E-state index in [-0.39, 0.29) is 23.3 Å². The number of rotatable bonds is 4. The molecule has 0 aliphatic carbocycles. The largest absolute Gasteiger partial charge is 0.324 e. The SMILES string of the molecule is CCc1ccc(N2CC(C(=O)Nc3ccc(F)cc3Cl)CC2=O)cc1. The van der Waals surface area contributed by atoms with Crippen molar-refractivity contribution in [2.75, 3.05) is 16.8 Å². The molecule has 4 nitrogen and oxygen atoms in total. The van der Waals surface area contributed by atoms with Gasteiger partial charge in [0.05, 0.1) is 16.6 Å². The van der Waals surface area contributed by atoms with Crippen molar-refractivity contribution in [1.82, 2.24) is 0 Å². The van der Waals surface area contributed by atoms with Crippen LogP contribution >= 0.6 is 11.6 Å². The summed E-state index contributed by atoms with van der Waals surface area (Å²) in [6.45, 7) is 2.38. The first-order valence-corrected chi connectivity index (χ1v) is 8.51. The number of carbonyl (C=O) groups excluding carboxylic acids is 2. The second-order valence-corrected chi connectivity index (χ2v) is 6.45. The molecular weight excluding hydrogens is 343 g/mol. The number of hydrogen-bond donors (Lipinski definition) is 1. The normalized spacial score (nSPS) is 17.0. The van der Waals surface area contributed by atoms with E-state index in [4.69, 9.17) is 11.6 Å². The number of hydrogen-bond acceptors (Lipinski definition) is 2. The summed E-state index contributed by atoms with van der Waals surface area (Å²) in [5.41, 5.74) is 2.32. The summed E-state index contributed by atoms with van der Waals surface area (Å²) >= 11 is 5.93. The molecule has 0 radical (unpaired) electrons. The fraction of sp³-hybridized carbons (Fsp3) is 0.263. The minimum absolute atomic E-state index is 0.0883. The molecule has 0 aromatic heterocycles. The predicted molar refractivity (Wildman–Crippen MR) is 96.3 cm³/mol. The first kappa shape index (κ1) is 17.4. The van der Waals surface area contributed by atoms with Crippen molar-refractivity contribution in [2.24, 2.45) is 5.92 Å². The van der Waals surface area contributed by atoms with Crippen LogP contribution in [-0.2, 0) is 16.0 Å². The predicted octanol–water partition coefficient (Wildman–Crippen LogP) is 4.03. The Kier molecular flexibility index (Phi) is 5.04. The van der Waals surface area contributed by atoms with Crippen LogP contribution in [0.5, 0.6) is 0 Å². The van der Waals surface area contributed by atoms with Crippen molar-refractivity contribution in [1.29, 1.82) is 0 Å². The molecule has 25 heavy (non-hydrogen) atoms. The molecule has 2 aromatic rings. The Bertz CT molecular complexity index is 808. The Labute approximate surface area is 150 Å². The van der Waals surface area contributed by atoms with Gasteiger partial charge in [0.25, 0.3) is 0 Å². The molecule has 1 saturated heterocycles. The second kappa shape index (κ2) is 7.23. The van der Waals surface area contributed by atoms with Crippen molar-refractivity contribution in [3.05, 3.63) is 58.9 Å². The Balaban J connectivity index is 1.69. The molecule has 0 bridgehead atoms. The molecule has 0 spiro atoms. The van der Waals surface area contributed by atoms with E-state index in [0.29, 0.717) is 12.2 Å². The van der Waals surface area contributed by atoms with Gasteiger partial charge in [0.1, 0.15) is 5.82 Å². The zero-order chi connectivity index (χ0) is 18.0. The molecule has 130 valence electrons. The lowest BCUT2D eigenvalue weighted by Gasteiger charge is -2.17. The van der Waals surface area contributed by atoms with E-state index >= 15 is 0 Å². The maximum atomic E-state index is 13.1. The van der Waals surface area contributed by atoms with Crippen LogP contribution in [0.15, 0.2) is 42.5 Å². The van der Waals surface area contributed by atoms with E-state index in [1.165, 1.54) is 17.7 Å². The van der Waals surface area contributed by atoms with E-state index in [0.717, 1.165) is 18.2 Å². The first-order valence-electron chi connectivity index (χ1n) is 8.13. The quantitative estimate of drug-likeness (QED) is 0.894. The summed E-state index contributed by atoms with van der Waals surface area (Å²) in [6, 6.07) is 11.5. The Morgan fingerprint density at radius 1 is 1.28 bits per heavy atom. The molecule has 1 aliphatic rings. The molecule has 6 heteroatoms. The number of halogens is 2. The number of nitrogens with one attached hydrogen (secondary N) is 1. The zero-order valence-corrected chi connectivity index (χ0v) is 14.5. The monoisotopic (exact) mass is 360 g/mol. The lowest BCUT2D eigenvalue weighted by Crippen LogP contribution is -2.28.